The van der Waals surface area contributed by atoms with Crippen molar-refractivity contribution in [3.63, 3.8) is 0 Å². The van der Waals surface area contributed by atoms with E-state index in [9.17, 15) is 13.2 Å². The molecule has 2 aliphatic rings. The molecule has 0 aliphatic carbocycles. The summed E-state index contributed by atoms with van der Waals surface area (Å²) in [5.41, 5.74) is -4.97. The predicted molar refractivity (Wildman–Crippen MR) is 307 cm³/mol. The lowest BCUT2D eigenvalue weighted by molar-refractivity contribution is -0.137. The van der Waals surface area contributed by atoms with Crippen LogP contribution in [0, 0.1) is 18.6 Å². The van der Waals surface area contributed by atoms with Crippen molar-refractivity contribution in [1.29, 1.82) is 0 Å². The summed E-state index contributed by atoms with van der Waals surface area (Å²) in [4.78, 5) is 30.9. The number of aromatic nitrogens is 3. The Kier molecular flexibility index (Phi) is 16.7. The number of amides is 1. The van der Waals surface area contributed by atoms with E-state index in [4.69, 9.17) is 23.4 Å². The number of nitrogens with zero attached hydrogens (tertiary/aromatic N) is 5. The maximum atomic E-state index is 18.3. The van der Waals surface area contributed by atoms with Crippen molar-refractivity contribution < 1.29 is 58.5 Å². The molecule has 2 bridgehead atoms. The van der Waals surface area contributed by atoms with Gasteiger partial charge in [0.05, 0.1) is 38.1 Å². The molecule has 0 saturated carbocycles. The Labute approximate surface area is 476 Å². The molecule has 14 nitrogen and oxygen atoms in total. The van der Waals surface area contributed by atoms with Crippen LogP contribution < -0.4 is 34.8 Å². The molecule has 2 aromatic heterocycles. The first kappa shape index (κ1) is 59.3. The van der Waals surface area contributed by atoms with Gasteiger partial charge in [0, 0.05) is 43.9 Å². The average molecular weight is 1170 g/mol. The number of carbonyl (C=O) groups excluding carboxylic acids is 1. The Morgan fingerprint density at radius 2 is 1.33 bits per heavy atom. The second-order valence-corrected chi connectivity index (χ2v) is 29.1. The zero-order valence-corrected chi connectivity index (χ0v) is 49.3. The van der Waals surface area contributed by atoms with E-state index < -0.39 is 110 Å². The lowest BCUT2D eigenvalue weighted by Gasteiger charge is -2.44. The van der Waals surface area contributed by atoms with Crippen LogP contribution in [0.3, 0.4) is 0 Å². The molecule has 82 heavy (non-hydrogen) atoms. The number of nitrogens with one attached hydrogen (secondary N) is 1. The average Bonchev–Trinajstić information content (AvgIpc) is 1.51. The molecule has 7 aromatic rings. The van der Waals surface area contributed by atoms with Gasteiger partial charge in [-0.1, -0.05) is 106 Å². The number of fused-ring (bicyclic) bond motifs is 2. The summed E-state index contributed by atoms with van der Waals surface area (Å²) in [5.74, 6) is -2.38. The third-order valence-electron chi connectivity index (χ3n) is 14.9. The van der Waals surface area contributed by atoms with Gasteiger partial charge in [-0.25, -0.2) is 36.9 Å². The third-order valence-corrected chi connectivity index (χ3v) is 20.8. The zero-order chi connectivity index (χ0) is 59.1. The van der Waals surface area contributed by atoms with Crippen LogP contribution in [-0.4, -0.2) is 100 Å². The normalized spacial score (nSPS) is 16.9. The highest BCUT2D eigenvalue weighted by atomic mass is 32.2. The number of rotatable bonds is 14. The Morgan fingerprint density at radius 3 is 1.83 bits per heavy atom. The van der Waals surface area contributed by atoms with Gasteiger partial charge in [-0.15, -0.1) is 0 Å². The summed E-state index contributed by atoms with van der Waals surface area (Å²) in [6, 6.07) is 33.0. The summed E-state index contributed by atoms with van der Waals surface area (Å²) in [5, 5.41) is 3.29. The Hall–Kier alpha value is -7.36. The van der Waals surface area contributed by atoms with E-state index in [1.165, 1.54) is 19.1 Å². The van der Waals surface area contributed by atoms with Crippen LogP contribution in [0.25, 0.3) is 22.2 Å². The van der Waals surface area contributed by atoms with Crippen molar-refractivity contribution in [2.75, 3.05) is 43.8 Å². The standard InChI is InChI=1S/C61H67F5N6O8SSi/c1-37-50(61(64,65)66)47(32-48(51(37)62)71(34-38-21-27-42(76-8)28-22-38)35-39-23-29-43(77-9)30-24-39)53-52(63)54-49-55(70-57(69-54)81(10,74)75)67-33-41-26-25-40(72(41)58(73)80-59(2,3)4)31-44(79-56(49)68-53)36-78-82(60(5,6)7,45-17-13-11-14-18-45)46-19-15-12-16-20-46/h11-24,27-30,32,40-41,44H,25-26,31,33-36H2,1-10H3,(H,67,69,70)/t40-,41+,44?/m0/s1. The molecular formula is C61H67F5N6O8SSi. The highest BCUT2D eigenvalue weighted by Crippen LogP contribution is 2.47. The quantitative estimate of drug-likeness (QED) is 0.0624. The van der Waals surface area contributed by atoms with Crippen LogP contribution in [0.5, 0.6) is 17.4 Å². The number of pyridine rings is 1. The van der Waals surface area contributed by atoms with Crippen LogP contribution in [-0.2, 0) is 38.3 Å². The maximum absolute atomic E-state index is 18.3. The third kappa shape index (κ3) is 12.2. The minimum atomic E-state index is -5.31. The molecule has 21 heteroatoms. The van der Waals surface area contributed by atoms with E-state index >= 15 is 22.0 Å². The molecule has 1 amide bonds. The smallest absolute Gasteiger partial charge is 0.417 e. The van der Waals surface area contributed by atoms with Gasteiger partial charge < -0.3 is 38.5 Å². The number of carbonyl (C=O) groups is 1. The Balaban J connectivity index is 1.29. The van der Waals surface area contributed by atoms with Crippen LogP contribution in [0.2, 0.25) is 5.04 Å². The van der Waals surface area contributed by atoms with Crippen LogP contribution in [0.1, 0.15) is 83.1 Å². The molecule has 4 heterocycles. The Bertz CT molecular complexity index is 3480. The number of hydrogen-bond donors (Lipinski definition) is 1. The van der Waals surface area contributed by atoms with E-state index in [-0.39, 0.29) is 49.6 Å². The minimum absolute atomic E-state index is 0.0470. The van der Waals surface area contributed by atoms with Crippen molar-refractivity contribution in [3.05, 3.63) is 149 Å². The van der Waals surface area contributed by atoms with Crippen LogP contribution in [0.4, 0.5) is 38.3 Å². The van der Waals surface area contributed by atoms with Gasteiger partial charge in [0.1, 0.15) is 51.4 Å². The van der Waals surface area contributed by atoms with Gasteiger partial charge in [-0.05, 0) is 103 Å². The molecule has 3 atom stereocenters. The molecule has 434 valence electrons. The number of anilines is 2. The second kappa shape index (κ2) is 23.1. The molecule has 1 unspecified atom stereocenters. The van der Waals surface area contributed by atoms with Gasteiger partial charge in [-0.3, -0.25) is 0 Å². The molecule has 1 N–H and O–H groups in total. The molecule has 9 rings (SSSR count). The minimum Gasteiger partial charge on any atom is -0.497 e. The number of benzene rings is 5. The van der Waals surface area contributed by atoms with Crippen molar-refractivity contribution in [1.82, 2.24) is 19.9 Å². The predicted octanol–water partition coefficient (Wildman–Crippen LogP) is 11.8. The number of hydrogen-bond acceptors (Lipinski definition) is 13. The lowest BCUT2D eigenvalue weighted by Crippen LogP contribution is -2.67. The fraction of sp³-hybridized carbons (Fsp3) is 0.377. The highest BCUT2D eigenvalue weighted by molar-refractivity contribution is 7.90. The monoisotopic (exact) mass is 1170 g/mol. The fourth-order valence-electron chi connectivity index (χ4n) is 11.2. The lowest BCUT2D eigenvalue weighted by atomic mass is 9.95. The molecular weight excluding hydrogens is 1100 g/mol. The number of halogens is 5. The molecule has 2 aliphatic heterocycles. The maximum Gasteiger partial charge on any atom is 0.417 e. The molecule has 0 radical (unpaired) electrons. The largest absolute Gasteiger partial charge is 0.497 e. The van der Waals surface area contributed by atoms with E-state index in [2.05, 4.69) is 41.0 Å². The number of methoxy groups -OCH3 is 2. The SMILES string of the molecule is COc1ccc(CN(Cc2ccc(OC)cc2)c2cc(-c3nc4c5c(nc(S(C)(=O)=O)nc5c3F)NC[C@H]3CC[C@@H](CC(CO[Si](c5ccccc5)(c5ccccc5)C(C)(C)C)O4)N3C(=O)OC(C)(C)C)c(C(F)(F)F)c(C)c2F)cc1. The summed E-state index contributed by atoms with van der Waals surface area (Å²) < 4.78 is 142. The first-order chi connectivity index (χ1) is 38.7. The van der Waals surface area contributed by atoms with Crippen molar-refractivity contribution in [2.45, 2.75) is 121 Å². The molecule has 5 aromatic carbocycles. The zero-order valence-electron chi connectivity index (χ0n) is 47.5. The van der Waals surface area contributed by atoms with Crippen molar-refractivity contribution in [3.8, 4) is 28.6 Å². The van der Waals surface area contributed by atoms with E-state index in [1.807, 2.05) is 60.7 Å². The number of ether oxygens (including phenoxy) is 4. The van der Waals surface area contributed by atoms with Crippen molar-refractivity contribution in [2.24, 2.45) is 0 Å². The van der Waals surface area contributed by atoms with E-state index in [1.54, 1.807) is 74.2 Å². The second-order valence-electron chi connectivity index (χ2n) is 22.8. The highest BCUT2D eigenvalue weighted by Gasteiger charge is 2.51. The van der Waals surface area contributed by atoms with E-state index in [0.717, 1.165) is 29.6 Å². The molecule has 0 spiro atoms. The van der Waals surface area contributed by atoms with Gasteiger partial charge in [0.15, 0.2) is 5.82 Å². The molecule has 1 fully saturated rings. The van der Waals surface area contributed by atoms with Crippen molar-refractivity contribution >= 4 is 57.0 Å². The summed E-state index contributed by atoms with van der Waals surface area (Å²) in [7, 11) is -4.78. The van der Waals surface area contributed by atoms with Gasteiger partial charge in [0.25, 0.3) is 8.32 Å². The fourth-order valence-corrected chi connectivity index (χ4v) is 16.3. The van der Waals surface area contributed by atoms with E-state index in [0.29, 0.717) is 35.5 Å². The summed E-state index contributed by atoms with van der Waals surface area (Å²) in [6.45, 7) is 12.1. The number of sulfone groups is 1. The van der Waals surface area contributed by atoms with Gasteiger partial charge in [0.2, 0.25) is 20.9 Å². The first-order valence-electron chi connectivity index (χ1n) is 26.9. The number of alkyl halides is 3. The van der Waals surface area contributed by atoms with Crippen LogP contribution in [0.15, 0.2) is 120 Å². The summed E-state index contributed by atoms with van der Waals surface area (Å²) >= 11 is 0. The first-order valence-corrected chi connectivity index (χ1v) is 30.7. The molecule has 1 saturated heterocycles. The van der Waals surface area contributed by atoms with Gasteiger partial charge in [-0.2, -0.15) is 13.2 Å². The van der Waals surface area contributed by atoms with Crippen LogP contribution >= 0.6 is 0 Å². The topological polar surface area (TPSA) is 155 Å². The Morgan fingerprint density at radius 1 is 0.780 bits per heavy atom. The summed E-state index contributed by atoms with van der Waals surface area (Å²) in [6.07, 6.45) is -5.29. The van der Waals surface area contributed by atoms with Gasteiger partial charge >= 0.3 is 12.3 Å².